The molecule has 0 aliphatic carbocycles. The Balaban J connectivity index is 2.04. The van der Waals surface area contributed by atoms with Crippen LogP contribution in [0.5, 0.6) is 0 Å². The molecule has 0 saturated heterocycles. The van der Waals surface area contributed by atoms with Crippen LogP contribution in [0.4, 0.5) is 17.6 Å². The molecule has 0 radical (unpaired) electrons. The van der Waals surface area contributed by atoms with Crippen LogP contribution < -0.4 is 5.69 Å². The fourth-order valence-electron chi connectivity index (χ4n) is 3.18. The maximum absolute atomic E-state index is 14.0. The van der Waals surface area contributed by atoms with Gasteiger partial charge in [0, 0.05) is 12.6 Å². The van der Waals surface area contributed by atoms with Crippen LogP contribution in [0.1, 0.15) is 30.9 Å². The van der Waals surface area contributed by atoms with Crippen LogP contribution in [0.25, 0.3) is 0 Å². The van der Waals surface area contributed by atoms with E-state index < -0.39 is 48.6 Å². The molecule has 0 bridgehead atoms. The van der Waals surface area contributed by atoms with E-state index in [1.807, 2.05) is 0 Å². The van der Waals surface area contributed by atoms with Crippen LogP contribution in [-0.2, 0) is 22.5 Å². The molecule has 0 aromatic carbocycles. The first kappa shape index (κ1) is 20.3. The van der Waals surface area contributed by atoms with E-state index in [1.165, 1.54) is 13.1 Å². The van der Waals surface area contributed by atoms with Crippen LogP contribution in [0.15, 0.2) is 17.1 Å². The number of aromatic nitrogens is 4. The Morgan fingerprint density at radius 1 is 1.43 bits per heavy atom. The molecule has 3 rings (SSSR count). The largest absolute Gasteiger partial charge is 0.464 e. The number of carbonyl (C=O) groups excluding carboxylic acids is 1. The molecular formula is C16H15ClF4N4O3. The molecule has 0 fully saturated rings. The van der Waals surface area contributed by atoms with Gasteiger partial charge in [0.2, 0.25) is 0 Å². The van der Waals surface area contributed by atoms with Gasteiger partial charge in [0.05, 0.1) is 29.8 Å². The number of hydrogen-bond donors (Lipinski definition) is 0. The summed E-state index contributed by atoms with van der Waals surface area (Å²) in [6, 6.07) is -0.889. The lowest BCUT2D eigenvalue weighted by Gasteiger charge is -2.31. The van der Waals surface area contributed by atoms with Crippen molar-refractivity contribution in [3.8, 4) is 0 Å². The van der Waals surface area contributed by atoms with Gasteiger partial charge in [-0.1, -0.05) is 11.6 Å². The van der Waals surface area contributed by atoms with Crippen molar-refractivity contribution in [3.05, 3.63) is 45.1 Å². The highest BCUT2D eigenvalue weighted by atomic mass is 35.5. The summed E-state index contributed by atoms with van der Waals surface area (Å²) in [7, 11) is 0. The maximum atomic E-state index is 14.0. The van der Waals surface area contributed by atoms with E-state index in [1.54, 1.807) is 0 Å². The molecule has 2 unspecified atom stereocenters. The summed E-state index contributed by atoms with van der Waals surface area (Å²) in [5.41, 5.74) is -1.14. The normalized spacial score (nSPS) is 19.4. The van der Waals surface area contributed by atoms with E-state index in [4.69, 9.17) is 16.3 Å². The minimum Gasteiger partial charge on any atom is -0.464 e. The van der Waals surface area contributed by atoms with Crippen LogP contribution in [0, 0.1) is 11.7 Å². The number of hydrogen-bond acceptors (Lipinski definition) is 5. The molecule has 0 amide bonds. The van der Waals surface area contributed by atoms with Gasteiger partial charge in [-0.05, 0) is 19.4 Å². The highest BCUT2D eigenvalue weighted by Gasteiger charge is 2.52. The van der Waals surface area contributed by atoms with Crippen molar-refractivity contribution in [1.82, 2.24) is 19.3 Å². The average molecular weight is 423 g/mol. The molecular weight excluding hydrogens is 408 g/mol. The zero-order valence-electron chi connectivity index (χ0n) is 14.5. The quantitative estimate of drug-likeness (QED) is 0.559. The van der Waals surface area contributed by atoms with Crippen LogP contribution in [0.2, 0.25) is 5.02 Å². The highest BCUT2D eigenvalue weighted by molar-refractivity contribution is 6.30. The molecule has 152 valence electrons. The van der Waals surface area contributed by atoms with Gasteiger partial charge >= 0.3 is 17.8 Å². The summed E-state index contributed by atoms with van der Waals surface area (Å²) < 4.78 is 60.5. The van der Waals surface area contributed by atoms with E-state index in [-0.39, 0.29) is 29.6 Å². The van der Waals surface area contributed by atoms with Gasteiger partial charge in [0.15, 0.2) is 0 Å². The van der Waals surface area contributed by atoms with Crippen LogP contribution in [-0.4, -0.2) is 38.1 Å². The first-order chi connectivity index (χ1) is 13.1. The lowest BCUT2D eigenvalue weighted by molar-refractivity contribution is -0.200. The minimum absolute atomic E-state index is 0.00192. The van der Waals surface area contributed by atoms with Crippen molar-refractivity contribution in [1.29, 1.82) is 0 Å². The zero-order valence-corrected chi connectivity index (χ0v) is 15.3. The molecule has 3 heterocycles. The van der Waals surface area contributed by atoms with Crippen molar-refractivity contribution in [2.45, 2.75) is 38.5 Å². The zero-order chi connectivity index (χ0) is 20.6. The summed E-state index contributed by atoms with van der Waals surface area (Å²) in [5, 5.41) is 4.02. The molecule has 0 N–H and O–H groups in total. The molecule has 2 aromatic heterocycles. The van der Waals surface area contributed by atoms with E-state index in [2.05, 4.69) is 10.1 Å². The summed E-state index contributed by atoms with van der Waals surface area (Å²) >= 11 is 5.63. The number of ether oxygens (including phenoxy) is 1. The molecule has 2 aromatic rings. The molecule has 0 spiro atoms. The van der Waals surface area contributed by atoms with E-state index >= 15 is 0 Å². The Bertz CT molecular complexity index is 956. The molecule has 1 aliphatic rings. The minimum atomic E-state index is -4.71. The molecule has 28 heavy (non-hydrogen) atoms. The topological polar surface area (TPSA) is 79.0 Å². The smallest absolute Gasteiger partial charge is 0.394 e. The Labute approximate surface area is 160 Å². The molecule has 1 aliphatic heterocycles. The third-order valence-corrected chi connectivity index (χ3v) is 4.62. The van der Waals surface area contributed by atoms with Gasteiger partial charge in [-0.25, -0.2) is 18.7 Å². The van der Waals surface area contributed by atoms with E-state index in [0.717, 1.165) is 10.7 Å². The second kappa shape index (κ2) is 7.53. The predicted molar refractivity (Wildman–Crippen MR) is 88.3 cm³/mol. The molecule has 2 atom stereocenters. The number of rotatable bonds is 4. The highest BCUT2D eigenvalue weighted by Crippen LogP contribution is 2.41. The first-order valence-electron chi connectivity index (χ1n) is 8.35. The average Bonchev–Trinajstić information content (AvgIpc) is 2.92. The first-order valence-corrected chi connectivity index (χ1v) is 8.72. The summed E-state index contributed by atoms with van der Waals surface area (Å²) in [5.74, 6) is -4.04. The van der Waals surface area contributed by atoms with Crippen molar-refractivity contribution < 1.29 is 27.1 Å². The molecule has 0 saturated carbocycles. The summed E-state index contributed by atoms with van der Waals surface area (Å²) in [6.07, 6.45) is -4.13. The second-order valence-corrected chi connectivity index (χ2v) is 6.63. The number of nitrogens with zero attached hydrogens (tertiary/aromatic N) is 4. The van der Waals surface area contributed by atoms with Gasteiger partial charge < -0.3 is 4.74 Å². The summed E-state index contributed by atoms with van der Waals surface area (Å²) in [6.45, 7) is 0.886. The summed E-state index contributed by atoms with van der Waals surface area (Å²) in [4.78, 5) is 28.7. The van der Waals surface area contributed by atoms with Gasteiger partial charge in [0.1, 0.15) is 17.7 Å². The van der Waals surface area contributed by atoms with Crippen molar-refractivity contribution >= 4 is 17.6 Å². The number of halogens is 5. The lowest BCUT2D eigenvalue weighted by atomic mass is 9.90. The monoisotopic (exact) mass is 422 g/mol. The number of alkyl halides is 3. The fourth-order valence-corrected chi connectivity index (χ4v) is 3.33. The van der Waals surface area contributed by atoms with Gasteiger partial charge in [-0.15, -0.1) is 0 Å². The van der Waals surface area contributed by atoms with Crippen LogP contribution >= 0.6 is 11.6 Å². The van der Waals surface area contributed by atoms with E-state index in [0.29, 0.717) is 4.57 Å². The third-order valence-electron chi connectivity index (χ3n) is 4.41. The van der Waals surface area contributed by atoms with Crippen molar-refractivity contribution in [3.63, 3.8) is 0 Å². The van der Waals surface area contributed by atoms with Crippen LogP contribution in [0.3, 0.4) is 0 Å². The SMILES string of the molecule is CCOC(=O)C1C(C(F)(F)F)CCc2nn(Cc3ncc(Cl)cc3F)c(=O)n21. The number of esters is 1. The van der Waals surface area contributed by atoms with Gasteiger partial charge in [-0.3, -0.25) is 9.55 Å². The maximum Gasteiger partial charge on any atom is 0.394 e. The van der Waals surface area contributed by atoms with Crippen molar-refractivity contribution in [2.24, 2.45) is 5.92 Å². The standard InChI is InChI=1S/C16H15ClF4N4O3/c1-2-28-14(26)13-9(16(19,20)21)3-4-12-23-24(15(27)25(12)13)7-11-10(18)5-8(17)6-22-11/h5-6,9,13H,2-4,7H2,1H3. The Morgan fingerprint density at radius 2 is 2.14 bits per heavy atom. The van der Waals surface area contributed by atoms with Gasteiger partial charge in [-0.2, -0.15) is 18.3 Å². The Hall–Kier alpha value is -2.43. The Kier molecular flexibility index (Phi) is 5.46. The number of fused-ring (bicyclic) bond motifs is 1. The van der Waals surface area contributed by atoms with E-state index in [9.17, 15) is 27.2 Å². The number of pyridine rings is 1. The predicted octanol–water partition coefficient (Wildman–Crippen LogP) is 2.51. The van der Waals surface area contributed by atoms with Crippen molar-refractivity contribution in [2.75, 3.05) is 6.61 Å². The fraction of sp³-hybridized carbons (Fsp3) is 0.500. The number of carbonyl (C=O) groups is 1. The Morgan fingerprint density at radius 3 is 2.75 bits per heavy atom. The second-order valence-electron chi connectivity index (χ2n) is 6.19. The molecule has 7 nitrogen and oxygen atoms in total. The lowest BCUT2D eigenvalue weighted by Crippen LogP contribution is -2.45. The van der Waals surface area contributed by atoms with Gasteiger partial charge in [0.25, 0.3) is 0 Å². The molecule has 12 heteroatoms. The number of aryl methyl sites for hydroxylation is 1. The third kappa shape index (κ3) is 3.75.